The number of nitrogens with two attached hydrogens (primary N) is 1. The van der Waals surface area contributed by atoms with E-state index in [1.807, 2.05) is 0 Å². The molecule has 0 amide bonds. The Hall–Kier alpha value is -1.16. The van der Waals surface area contributed by atoms with Gasteiger partial charge in [0.25, 0.3) is 0 Å². The van der Waals surface area contributed by atoms with Crippen molar-refractivity contribution in [2.45, 2.75) is 26.9 Å². The number of nitrogens with zero attached hydrogens (tertiary/aromatic N) is 2. The number of methoxy groups -OCH3 is 1. The normalized spacial score (nSPS) is 10.9. The molecule has 1 rings (SSSR count). The molecule has 0 aliphatic carbocycles. The first-order valence-corrected chi connectivity index (χ1v) is 4.73. The molecule has 1 aromatic rings. The molecule has 1 heterocycles. The molecule has 0 unspecified atom stereocenters. The Labute approximate surface area is 84.5 Å². The van der Waals surface area contributed by atoms with Gasteiger partial charge in [-0.3, -0.25) is 0 Å². The van der Waals surface area contributed by atoms with E-state index in [0.29, 0.717) is 18.3 Å². The zero-order valence-corrected chi connectivity index (χ0v) is 8.95. The zero-order valence-electron chi connectivity index (χ0n) is 8.95. The maximum Gasteiger partial charge on any atom is 0.131 e. The molecule has 0 aromatic carbocycles. The molecule has 0 aliphatic rings. The van der Waals surface area contributed by atoms with E-state index in [0.717, 1.165) is 17.9 Å². The molecule has 0 saturated carbocycles. The molecule has 0 aliphatic heterocycles. The highest BCUT2D eigenvalue weighted by Crippen LogP contribution is 2.08. The maximum atomic E-state index is 5.66. The van der Waals surface area contributed by atoms with Gasteiger partial charge in [0.05, 0.1) is 12.3 Å². The molecule has 1 aromatic heterocycles. The van der Waals surface area contributed by atoms with Crippen molar-refractivity contribution in [3.63, 3.8) is 0 Å². The van der Waals surface area contributed by atoms with E-state index in [9.17, 15) is 0 Å². The number of ether oxygens (including phenoxy) is 1. The van der Waals surface area contributed by atoms with E-state index in [-0.39, 0.29) is 0 Å². The van der Waals surface area contributed by atoms with Gasteiger partial charge in [-0.05, 0) is 5.92 Å². The van der Waals surface area contributed by atoms with Crippen molar-refractivity contribution in [1.29, 1.82) is 0 Å². The van der Waals surface area contributed by atoms with E-state index in [2.05, 4.69) is 23.8 Å². The Morgan fingerprint density at radius 2 is 2.14 bits per heavy atom. The van der Waals surface area contributed by atoms with Crippen LogP contribution in [-0.4, -0.2) is 17.1 Å². The minimum atomic E-state index is 0.484. The summed E-state index contributed by atoms with van der Waals surface area (Å²) in [6.07, 6.45) is 0.849. The molecular weight excluding hydrogens is 178 g/mol. The van der Waals surface area contributed by atoms with Crippen LogP contribution in [0.1, 0.15) is 25.4 Å². The number of rotatable bonds is 4. The maximum absolute atomic E-state index is 5.66. The molecule has 78 valence electrons. The quantitative estimate of drug-likeness (QED) is 0.789. The van der Waals surface area contributed by atoms with Gasteiger partial charge in [0.15, 0.2) is 0 Å². The second-order valence-electron chi connectivity index (χ2n) is 3.73. The highest BCUT2D eigenvalue weighted by atomic mass is 16.5. The third-order valence-electron chi connectivity index (χ3n) is 1.73. The van der Waals surface area contributed by atoms with E-state index >= 15 is 0 Å². The van der Waals surface area contributed by atoms with Gasteiger partial charge in [-0.2, -0.15) is 0 Å². The lowest BCUT2D eigenvalue weighted by molar-refractivity contribution is 0.181. The number of aromatic nitrogens is 2. The molecule has 0 radical (unpaired) electrons. The lowest BCUT2D eigenvalue weighted by Gasteiger charge is -2.06. The second-order valence-corrected chi connectivity index (χ2v) is 3.73. The summed E-state index contributed by atoms with van der Waals surface area (Å²) in [6, 6.07) is 1.74. The lowest BCUT2D eigenvalue weighted by atomic mass is 10.1. The molecule has 4 heteroatoms. The molecule has 0 bridgehead atoms. The van der Waals surface area contributed by atoms with Crippen LogP contribution in [0.15, 0.2) is 6.07 Å². The van der Waals surface area contributed by atoms with Crippen LogP contribution in [0.25, 0.3) is 0 Å². The fourth-order valence-electron chi connectivity index (χ4n) is 1.25. The summed E-state index contributed by atoms with van der Waals surface area (Å²) in [5.74, 6) is 1.85. The van der Waals surface area contributed by atoms with Gasteiger partial charge in [0.1, 0.15) is 11.6 Å². The highest BCUT2D eigenvalue weighted by molar-refractivity contribution is 5.29. The lowest BCUT2D eigenvalue weighted by Crippen LogP contribution is -2.06. The summed E-state index contributed by atoms with van der Waals surface area (Å²) in [5, 5.41) is 0. The molecular formula is C10H17N3O. The summed E-state index contributed by atoms with van der Waals surface area (Å²) >= 11 is 0. The Balaban J connectivity index is 2.83. The molecule has 14 heavy (non-hydrogen) atoms. The molecule has 0 atom stereocenters. The molecule has 4 nitrogen and oxygen atoms in total. The van der Waals surface area contributed by atoms with Crippen LogP contribution in [0, 0.1) is 5.92 Å². The van der Waals surface area contributed by atoms with Crippen LogP contribution in [0.5, 0.6) is 0 Å². The average Bonchev–Trinajstić information content (AvgIpc) is 2.01. The van der Waals surface area contributed by atoms with Crippen molar-refractivity contribution in [2.75, 3.05) is 12.8 Å². The Kier molecular flexibility index (Phi) is 3.83. The van der Waals surface area contributed by atoms with E-state index in [1.54, 1.807) is 13.2 Å². The summed E-state index contributed by atoms with van der Waals surface area (Å²) in [7, 11) is 1.64. The first-order valence-electron chi connectivity index (χ1n) is 4.73. The van der Waals surface area contributed by atoms with Crippen LogP contribution in [0.3, 0.4) is 0 Å². The van der Waals surface area contributed by atoms with E-state index < -0.39 is 0 Å². The van der Waals surface area contributed by atoms with Crippen LogP contribution in [-0.2, 0) is 17.8 Å². The minimum Gasteiger partial charge on any atom is -0.384 e. The zero-order chi connectivity index (χ0) is 10.6. The standard InChI is InChI=1S/C10H17N3O/c1-7(2)4-10-12-8(6-14-3)5-9(11)13-10/h5,7H,4,6H2,1-3H3,(H2,11,12,13). The van der Waals surface area contributed by atoms with Gasteiger partial charge in [-0.15, -0.1) is 0 Å². The molecule has 0 fully saturated rings. The number of anilines is 1. The SMILES string of the molecule is COCc1cc(N)nc(CC(C)C)n1. The number of hydrogen-bond acceptors (Lipinski definition) is 4. The third-order valence-corrected chi connectivity index (χ3v) is 1.73. The van der Waals surface area contributed by atoms with Gasteiger partial charge in [-0.25, -0.2) is 9.97 Å². The average molecular weight is 195 g/mol. The first kappa shape index (κ1) is 10.9. The molecule has 0 saturated heterocycles. The molecule has 0 spiro atoms. The number of nitrogen functional groups attached to an aromatic ring is 1. The van der Waals surface area contributed by atoms with Crippen LogP contribution in [0.4, 0.5) is 5.82 Å². The van der Waals surface area contributed by atoms with Gasteiger partial charge >= 0.3 is 0 Å². The summed E-state index contributed by atoms with van der Waals surface area (Å²) in [6.45, 7) is 4.74. The van der Waals surface area contributed by atoms with E-state index in [4.69, 9.17) is 10.5 Å². The Morgan fingerprint density at radius 3 is 2.71 bits per heavy atom. The fraction of sp³-hybridized carbons (Fsp3) is 0.600. The second kappa shape index (κ2) is 4.91. The van der Waals surface area contributed by atoms with Crippen LogP contribution >= 0.6 is 0 Å². The highest BCUT2D eigenvalue weighted by Gasteiger charge is 2.04. The minimum absolute atomic E-state index is 0.484. The van der Waals surface area contributed by atoms with Crippen molar-refractivity contribution < 1.29 is 4.74 Å². The smallest absolute Gasteiger partial charge is 0.131 e. The van der Waals surface area contributed by atoms with Crippen molar-refractivity contribution in [3.8, 4) is 0 Å². The third kappa shape index (κ3) is 3.30. The monoisotopic (exact) mass is 195 g/mol. The Morgan fingerprint density at radius 1 is 1.43 bits per heavy atom. The molecule has 2 N–H and O–H groups in total. The van der Waals surface area contributed by atoms with Crippen LogP contribution in [0.2, 0.25) is 0 Å². The largest absolute Gasteiger partial charge is 0.384 e. The Bertz CT molecular complexity index is 299. The summed E-state index contributed by atoms with van der Waals surface area (Å²) < 4.78 is 5.00. The first-order chi connectivity index (χ1) is 6.61. The van der Waals surface area contributed by atoms with Crippen molar-refractivity contribution in [2.24, 2.45) is 5.92 Å². The fourth-order valence-corrected chi connectivity index (χ4v) is 1.25. The topological polar surface area (TPSA) is 61.0 Å². The van der Waals surface area contributed by atoms with Crippen LogP contribution < -0.4 is 5.73 Å². The number of hydrogen-bond donors (Lipinski definition) is 1. The van der Waals surface area contributed by atoms with Gasteiger partial charge < -0.3 is 10.5 Å². The van der Waals surface area contributed by atoms with E-state index in [1.165, 1.54) is 0 Å². The summed E-state index contributed by atoms with van der Waals surface area (Å²) in [5.41, 5.74) is 6.50. The predicted molar refractivity (Wildman–Crippen MR) is 55.7 cm³/mol. The van der Waals surface area contributed by atoms with Gasteiger partial charge in [0.2, 0.25) is 0 Å². The van der Waals surface area contributed by atoms with Gasteiger partial charge in [0, 0.05) is 19.6 Å². The predicted octanol–water partition coefficient (Wildman–Crippen LogP) is 1.40. The van der Waals surface area contributed by atoms with Crippen molar-refractivity contribution in [3.05, 3.63) is 17.6 Å². The van der Waals surface area contributed by atoms with Crippen molar-refractivity contribution >= 4 is 5.82 Å². The van der Waals surface area contributed by atoms with Crippen molar-refractivity contribution in [1.82, 2.24) is 9.97 Å². The van der Waals surface area contributed by atoms with Gasteiger partial charge in [-0.1, -0.05) is 13.8 Å². The summed E-state index contributed by atoms with van der Waals surface area (Å²) in [4.78, 5) is 8.51.